The highest BCUT2D eigenvalue weighted by molar-refractivity contribution is 7.13. The first-order chi connectivity index (χ1) is 12.7. The molecule has 1 aromatic carbocycles. The molecular formula is C20H16N2O3S. The maximum atomic E-state index is 12.4. The van der Waals surface area contributed by atoms with Crippen molar-refractivity contribution in [3.8, 4) is 16.3 Å². The van der Waals surface area contributed by atoms with Crippen LogP contribution in [0.2, 0.25) is 0 Å². The van der Waals surface area contributed by atoms with E-state index in [0.29, 0.717) is 17.9 Å². The fourth-order valence-electron chi connectivity index (χ4n) is 2.72. The highest BCUT2D eigenvalue weighted by Crippen LogP contribution is 2.28. The van der Waals surface area contributed by atoms with Crippen LogP contribution < -0.4 is 10.1 Å². The largest absolute Gasteiger partial charge is 0.493 e. The van der Waals surface area contributed by atoms with E-state index in [4.69, 9.17) is 9.15 Å². The number of amides is 1. The minimum atomic E-state index is -0.266. The first kappa shape index (κ1) is 16.4. The van der Waals surface area contributed by atoms with E-state index in [9.17, 15) is 4.79 Å². The smallest absolute Gasteiger partial charge is 0.287 e. The molecule has 0 spiro atoms. The number of thiophene rings is 1. The number of hydrogen-bond acceptors (Lipinski definition) is 5. The first-order valence-electron chi connectivity index (χ1n) is 8.08. The fourth-order valence-corrected chi connectivity index (χ4v) is 3.41. The molecule has 26 heavy (non-hydrogen) atoms. The Balaban J connectivity index is 1.50. The van der Waals surface area contributed by atoms with Gasteiger partial charge in [0, 0.05) is 18.1 Å². The van der Waals surface area contributed by atoms with Crippen molar-refractivity contribution in [3.05, 3.63) is 71.4 Å². The van der Waals surface area contributed by atoms with Gasteiger partial charge in [0.25, 0.3) is 5.91 Å². The van der Waals surface area contributed by atoms with Crippen LogP contribution in [0.3, 0.4) is 0 Å². The monoisotopic (exact) mass is 364 g/mol. The van der Waals surface area contributed by atoms with Crippen LogP contribution in [0.5, 0.6) is 5.75 Å². The molecule has 5 nitrogen and oxygen atoms in total. The van der Waals surface area contributed by atoms with Gasteiger partial charge in [-0.1, -0.05) is 18.2 Å². The molecule has 3 heterocycles. The summed E-state index contributed by atoms with van der Waals surface area (Å²) >= 11 is 1.64. The van der Waals surface area contributed by atoms with E-state index in [1.54, 1.807) is 36.8 Å². The fraction of sp³-hybridized carbons (Fsp3) is 0.100. The lowest BCUT2D eigenvalue weighted by atomic mass is 10.2. The lowest BCUT2D eigenvalue weighted by Gasteiger charge is -2.05. The number of fused-ring (bicyclic) bond motifs is 1. The van der Waals surface area contributed by atoms with Crippen molar-refractivity contribution in [3.63, 3.8) is 0 Å². The molecule has 0 saturated carbocycles. The van der Waals surface area contributed by atoms with E-state index in [2.05, 4.69) is 10.3 Å². The number of ether oxygens (including phenoxy) is 1. The Bertz CT molecular complexity index is 1050. The van der Waals surface area contributed by atoms with E-state index in [1.807, 2.05) is 41.8 Å². The topological polar surface area (TPSA) is 64.4 Å². The van der Waals surface area contributed by atoms with Gasteiger partial charge in [-0.25, -0.2) is 0 Å². The van der Waals surface area contributed by atoms with Crippen LogP contribution >= 0.6 is 11.3 Å². The number of methoxy groups -OCH3 is 1. The van der Waals surface area contributed by atoms with Crippen molar-refractivity contribution in [1.82, 2.24) is 10.3 Å². The van der Waals surface area contributed by atoms with Gasteiger partial charge in [-0.15, -0.1) is 11.3 Å². The number of nitrogens with zero attached hydrogens (tertiary/aromatic N) is 1. The molecule has 0 fully saturated rings. The van der Waals surface area contributed by atoms with Crippen LogP contribution in [0.1, 0.15) is 16.1 Å². The second-order valence-corrected chi connectivity index (χ2v) is 6.65. The number of nitrogens with one attached hydrogen (secondary N) is 1. The molecule has 0 unspecified atom stereocenters. The minimum absolute atomic E-state index is 0.261. The Labute approximate surface area is 154 Å². The van der Waals surface area contributed by atoms with E-state index in [0.717, 1.165) is 21.5 Å². The lowest BCUT2D eigenvalue weighted by Crippen LogP contribution is -2.22. The zero-order valence-corrected chi connectivity index (χ0v) is 14.9. The summed E-state index contributed by atoms with van der Waals surface area (Å²) < 4.78 is 10.9. The number of carbonyl (C=O) groups excluding carboxylic acids is 1. The molecule has 4 rings (SSSR count). The Kier molecular flexibility index (Phi) is 4.41. The zero-order valence-electron chi connectivity index (χ0n) is 14.1. The predicted molar refractivity (Wildman–Crippen MR) is 101 cm³/mol. The molecule has 0 aliphatic carbocycles. The number of carbonyl (C=O) groups is 1. The summed E-state index contributed by atoms with van der Waals surface area (Å²) in [6, 6.07) is 15.2. The SMILES string of the molecule is COc1cccc2cc(C(=O)NCc3ccnc(-c4cccs4)c3)oc12. The van der Waals surface area contributed by atoms with Gasteiger partial charge in [0.1, 0.15) is 0 Å². The highest BCUT2D eigenvalue weighted by Gasteiger charge is 2.14. The molecule has 4 aromatic rings. The van der Waals surface area contributed by atoms with Crippen LogP contribution in [-0.2, 0) is 6.54 Å². The van der Waals surface area contributed by atoms with Gasteiger partial charge in [-0.2, -0.15) is 0 Å². The predicted octanol–water partition coefficient (Wildman–Crippen LogP) is 4.49. The van der Waals surface area contributed by atoms with Gasteiger partial charge >= 0.3 is 0 Å². The molecule has 0 bridgehead atoms. The Morgan fingerprint density at radius 2 is 2.15 bits per heavy atom. The summed E-state index contributed by atoms with van der Waals surface area (Å²) in [5.74, 6) is 0.603. The highest BCUT2D eigenvalue weighted by atomic mass is 32.1. The molecule has 0 radical (unpaired) electrons. The number of furan rings is 1. The Hall–Kier alpha value is -3.12. The van der Waals surface area contributed by atoms with Gasteiger partial charge < -0.3 is 14.5 Å². The number of pyridine rings is 1. The lowest BCUT2D eigenvalue weighted by molar-refractivity contribution is 0.0925. The quantitative estimate of drug-likeness (QED) is 0.566. The third kappa shape index (κ3) is 3.19. The number of rotatable bonds is 5. The Morgan fingerprint density at radius 1 is 1.23 bits per heavy atom. The second kappa shape index (κ2) is 7.01. The van der Waals surface area contributed by atoms with Crippen molar-refractivity contribution in [2.45, 2.75) is 6.54 Å². The van der Waals surface area contributed by atoms with Crippen LogP contribution in [-0.4, -0.2) is 18.0 Å². The number of benzene rings is 1. The normalized spacial score (nSPS) is 10.8. The van der Waals surface area contributed by atoms with E-state index >= 15 is 0 Å². The molecule has 1 N–H and O–H groups in total. The van der Waals surface area contributed by atoms with Gasteiger partial charge in [-0.05, 0) is 41.3 Å². The summed E-state index contributed by atoms with van der Waals surface area (Å²) in [6.07, 6.45) is 1.75. The summed E-state index contributed by atoms with van der Waals surface area (Å²) in [7, 11) is 1.58. The number of aromatic nitrogens is 1. The number of hydrogen-bond donors (Lipinski definition) is 1. The summed E-state index contributed by atoms with van der Waals surface area (Å²) in [4.78, 5) is 17.9. The van der Waals surface area contributed by atoms with E-state index in [-0.39, 0.29) is 11.7 Å². The van der Waals surface area contributed by atoms with Crippen molar-refractivity contribution in [1.29, 1.82) is 0 Å². The van der Waals surface area contributed by atoms with Crippen LogP contribution in [0, 0.1) is 0 Å². The van der Waals surface area contributed by atoms with Crippen molar-refractivity contribution in [2.75, 3.05) is 7.11 Å². The molecule has 3 aromatic heterocycles. The minimum Gasteiger partial charge on any atom is -0.493 e. The Morgan fingerprint density at radius 3 is 2.96 bits per heavy atom. The molecule has 6 heteroatoms. The maximum absolute atomic E-state index is 12.4. The third-order valence-corrected chi connectivity index (χ3v) is 4.90. The summed E-state index contributed by atoms with van der Waals surface area (Å²) in [5.41, 5.74) is 2.45. The van der Waals surface area contributed by atoms with Crippen molar-refractivity contribution >= 4 is 28.2 Å². The molecular weight excluding hydrogens is 348 g/mol. The van der Waals surface area contributed by atoms with Crippen LogP contribution in [0.15, 0.2) is 64.5 Å². The average molecular weight is 364 g/mol. The molecule has 130 valence electrons. The summed E-state index contributed by atoms with van der Waals surface area (Å²) in [6.45, 7) is 0.397. The third-order valence-electron chi connectivity index (χ3n) is 4.00. The van der Waals surface area contributed by atoms with Gasteiger partial charge in [0.2, 0.25) is 0 Å². The van der Waals surface area contributed by atoms with Gasteiger partial charge in [0.05, 0.1) is 17.7 Å². The molecule has 0 saturated heterocycles. The first-order valence-corrected chi connectivity index (χ1v) is 8.96. The molecule has 0 aliphatic rings. The molecule has 0 atom stereocenters. The van der Waals surface area contributed by atoms with Crippen molar-refractivity contribution in [2.24, 2.45) is 0 Å². The standard InChI is InChI=1S/C20H16N2O3S/c1-24-16-5-2-4-14-11-17(25-19(14)16)20(23)22-12-13-7-8-21-15(10-13)18-6-3-9-26-18/h2-11H,12H2,1H3,(H,22,23). The molecule has 1 amide bonds. The van der Waals surface area contributed by atoms with Crippen LogP contribution in [0.25, 0.3) is 21.5 Å². The average Bonchev–Trinajstić information content (AvgIpc) is 3.35. The van der Waals surface area contributed by atoms with Gasteiger partial charge in [0.15, 0.2) is 17.1 Å². The second-order valence-electron chi connectivity index (χ2n) is 5.70. The van der Waals surface area contributed by atoms with E-state index < -0.39 is 0 Å². The molecule has 0 aliphatic heterocycles. The zero-order chi connectivity index (χ0) is 17.9. The van der Waals surface area contributed by atoms with Gasteiger partial charge in [-0.3, -0.25) is 9.78 Å². The van der Waals surface area contributed by atoms with E-state index in [1.165, 1.54) is 0 Å². The summed E-state index contributed by atoms with van der Waals surface area (Å²) in [5, 5.41) is 5.74. The van der Waals surface area contributed by atoms with Crippen LogP contribution in [0.4, 0.5) is 0 Å². The maximum Gasteiger partial charge on any atom is 0.287 e. The van der Waals surface area contributed by atoms with Crippen molar-refractivity contribution < 1.29 is 13.9 Å². The number of para-hydroxylation sites is 1.